The van der Waals surface area contributed by atoms with E-state index in [9.17, 15) is 9.59 Å². The van der Waals surface area contributed by atoms with Crippen LogP contribution in [0.5, 0.6) is 0 Å². The second-order valence-electron chi connectivity index (χ2n) is 5.10. The highest BCUT2D eigenvalue weighted by molar-refractivity contribution is 5.96. The van der Waals surface area contributed by atoms with Crippen LogP contribution in [0.4, 0.5) is 0 Å². The Morgan fingerprint density at radius 1 is 1.26 bits per heavy atom. The first-order chi connectivity index (χ1) is 9.15. The van der Waals surface area contributed by atoms with E-state index >= 15 is 0 Å². The lowest BCUT2D eigenvalue weighted by Crippen LogP contribution is -2.40. The van der Waals surface area contributed by atoms with E-state index in [1.807, 2.05) is 25.1 Å². The van der Waals surface area contributed by atoms with E-state index in [-0.39, 0.29) is 18.4 Å². The van der Waals surface area contributed by atoms with Crippen LogP contribution in [0.15, 0.2) is 24.3 Å². The second kappa shape index (κ2) is 6.36. The molecule has 1 aliphatic rings. The highest BCUT2D eigenvalue weighted by Crippen LogP contribution is 2.17. The van der Waals surface area contributed by atoms with Crippen molar-refractivity contribution in [1.82, 2.24) is 10.6 Å². The minimum Gasteiger partial charge on any atom is -0.352 e. The number of aryl methyl sites for hydroxylation is 1. The number of amides is 2. The third kappa shape index (κ3) is 4.09. The van der Waals surface area contributed by atoms with Gasteiger partial charge in [0, 0.05) is 11.6 Å². The molecule has 0 spiro atoms. The van der Waals surface area contributed by atoms with E-state index in [0.717, 1.165) is 18.4 Å². The Morgan fingerprint density at radius 2 is 2.00 bits per heavy atom. The van der Waals surface area contributed by atoms with Gasteiger partial charge in [-0.25, -0.2) is 0 Å². The Bertz CT molecular complexity index is 465. The van der Waals surface area contributed by atoms with E-state index in [0.29, 0.717) is 11.6 Å². The van der Waals surface area contributed by atoms with Crippen molar-refractivity contribution in [3.8, 4) is 0 Å². The van der Waals surface area contributed by atoms with Gasteiger partial charge in [-0.15, -0.1) is 0 Å². The summed E-state index contributed by atoms with van der Waals surface area (Å²) in [4.78, 5) is 23.5. The van der Waals surface area contributed by atoms with Gasteiger partial charge in [-0.2, -0.15) is 0 Å². The molecule has 1 aliphatic carbocycles. The summed E-state index contributed by atoms with van der Waals surface area (Å²) in [7, 11) is 0. The maximum Gasteiger partial charge on any atom is 0.251 e. The zero-order chi connectivity index (χ0) is 13.7. The largest absolute Gasteiger partial charge is 0.352 e. The molecule has 4 heteroatoms. The Labute approximate surface area is 113 Å². The molecule has 1 aromatic carbocycles. The number of rotatable bonds is 4. The van der Waals surface area contributed by atoms with Gasteiger partial charge in [0.05, 0.1) is 6.54 Å². The van der Waals surface area contributed by atoms with Gasteiger partial charge in [-0.3, -0.25) is 9.59 Å². The molecule has 4 nitrogen and oxygen atoms in total. The van der Waals surface area contributed by atoms with E-state index < -0.39 is 0 Å². The van der Waals surface area contributed by atoms with E-state index in [1.165, 1.54) is 12.8 Å². The van der Waals surface area contributed by atoms with Gasteiger partial charge in [0.1, 0.15) is 0 Å². The van der Waals surface area contributed by atoms with Gasteiger partial charge >= 0.3 is 0 Å². The first-order valence-corrected chi connectivity index (χ1v) is 6.79. The number of hydrogen-bond donors (Lipinski definition) is 2. The van der Waals surface area contributed by atoms with Crippen molar-refractivity contribution in [1.29, 1.82) is 0 Å². The van der Waals surface area contributed by atoms with Crippen molar-refractivity contribution in [2.24, 2.45) is 0 Å². The van der Waals surface area contributed by atoms with Crippen LogP contribution in [-0.4, -0.2) is 24.4 Å². The number of carbonyl (C=O) groups is 2. The lowest BCUT2D eigenvalue weighted by molar-refractivity contribution is -0.120. The highest BCUT2D eigenvalue weighted by Gasteiger charge is 2.17. The van der Waals surface area contributed by atoms with Crippen LogP contribution in [0.2, 0.25) is 0 Å². The predicted octanol–water partition coefficient (Wildman–Crippen LogP) is 1.78. The van der Waals surface area contributed by atoms with E-state index in [1.54, 1.807) is 6.07 Å². The summed E-state index contributed by atoms with van der Waals surface area (Å²) in [5, 5.41) is 5.59. The van der Waals surface area contributed by atoms with E-state index in [4.69, 9.17) is 0 Å². The fourth-order valence-corrected chi connectivity index (χ4v) is 2.40. The summed E-state index contributed by atoms with van der Waals surface area (Å²) in [6.45, 7) is 1.98. The molecule has 1 aromatic rings. The van der Waals surface area contributed by atoms with E-state index in [2.05, 4.69) is 10.6 Å². The molecular weight excluding hydrogens is 240 g/mol. The first-order valence-electron chi connectivity index (χ1n) is 6.79. The molecule has 1 saturated carbocycles. The summed E-state index contributed by atoms with van der Waals surface area (Å²) >= 11 is 0. The maximum absolute atomic E-state index is 11.8. The SMILES string of the molecule is Cc1cccc(C(=O)NCC(=O)NC2CCCC2)c1. The standard InChI is InChI=1S/C15H20N2O2/c1-11-5-4-6-12(9-11)15(19)16-10-14(18)17-13-7-2-3-8-13/h4-6,9,13H,2-3,7-8,10H2,1H3,(H,16,19)(H,17,18). The van der Waals surface area contributed by atoms with Crippen molar-refractivity contribution in [2.45, 2.75) is 38.6 Å². The van der Waals surface area contributed by atoms with Crippen LogP contribution in [0.1, 0.15) is 41.6 Å². The molecule has 0 saturated heterocycles. The van der Waals surface area contributed by atoms with Crippen molar-refractivity contribution >= 4 is 11.8 Å². The summed E-state index contributed by atoms with van der Waals surface area (Å²) in [6, 6.07) is 7.62. The van der Waals surface area contributed by atoms with Gasteiger partial charge < -0.3 is 10.6 Å². The van der Waals surface area contributed by atoms with Crippen molar-refractivity contribution in [3.05, 3.63) is 35.4 Å². The van der Waals surface area contributed by atoms with Gasteiger partial charge in [0.25, 0.3) is 5.91 Å². The van der Waals surface area contributed by atoms with Crippen LogP contribution in [0.3, 0.4) is 0 Å². The molecule has 19 heavy (non-hydrogen) atoms. The smallest absolute Gasteiger partial charge is 0.251 e. The number of carbonyl (C=O) groups excluding carboxylic acids is 2. The molecule has 0 aromatic heterocycles. The minimum absolute atomic E-state index is 0.0449. The summed E-state index contributed by atoms with van der Waals surface area (Å²) in [5.74, 6) is -0.307. The van der Waals surface area contributed by atoms with Gasteiger partial charge in [0.15, 0.2) is 0 Å². The molecule has 0 bridgehead atoms. The summed E-state index contributed by atoms with van der Waals surface area (Å²) in [5.41, 5.74) is 1.62. The maximum atomic E-state index is 11.8. The third-order valence-electron chi connectivity index (χ3n) is 3.41. The number of nitrogens with one attached hydrogen (secondary N) is 2. The topological polar surface area (TPSA) is 58.2 Å². The monoisotopic (exact) mass is 260 g/mol. The van der Waals surface area contributed by atoms with Crippen LogP contribution in [0.25, 0.3) is 0 Å². The molecule has 1 fully saturated rings. The third-order valence-corrected chi connectivity index (χ3v) is 3.41. The fourth-order valence-electron chi connectivity index (χ4n) is 2.40. The quantitative estimate of drug-likeness (QED) is 0.867. The Balaban J connectivity index is 1.78. The zero-order valence-electron chi connectivity index (χ0n) is 11.2. The van der Waals surface area contributed by atoms with Crippen LogP contribution in [0, 0.1) is 6.92 Å². The fraction of sp³-hybridized carbons (Fsp3) is 0.467. The molecule has 0 aliphatic heterocycles. The minimum atomic E-state index is -0.203. The Morgan fingerprint density at radius 3 is 2.68 bits per heavy atom. The summed E-state index contributed by atoms with van der Waals surface area (Å²) in [6.07, 6.45) is 4.47. The summed E-state index contributed by atoms with van der Waals surface area (Å²) < 4.78 is 0. The molecular formula is C15H20N2O2. The van der Waals surface area contributed by atoms with Crippen LogP contribution in [-0.2, 0) is 4.79 Å². The Hall–Kier alpha value is -1.84. The van der Waals surface area contributed by atoms with Crippen molar-refractivity contribution in [3.63, 3.8) is 0 Å². The second-order valence-corrected chi connectivity index (χ2v) is 5.10. The number of benzene rings is 1. The molecule has 0 heterocycles. The highest BCUT2D eigenvalue weighted by atomic mass is 16.2. The zero-order valence-corrected chi connectivity index (χ0v) is 11.2. The molecule has 2 amide bonds. The Kier molecular flexibility index (Phi) is 4.55. The van der Waals surface area contributed by atoms with Gasteiger partial charge in [0.2, 0.25) is 5.91 Å². The van der Waals surface area contributed by atoms with Gasteiger partial charge in [-0.05, 0) is 31.9 Å². The molecule has 2 N–H and O–H groups in total. The first kappa shape index (κ1) is 13.6. The molecule has 102 valence electrons. The lowest BCUT2D eigenvalue weighted by atomic mass is 10.1. The lowest BCUT2D eigenvalue weighted by Gasteiger charge is -2.12. The molecule has 2 rings (SSSR count). The molecule has 0 radical (unpaired) electrons. The predicted molar refractivity (Wildman–Crippen MR) is 73.9 cm³/mol. The van der Waals surface area contributed by atoms with Crippen LogP contribution < -0.4 is 10.6 Å². The molecule has 0 unspecified atom stereocenters. The average molecular weight is 260 g/mol. The normalized spacial score (nSPS) is 15.2. The van der Waals surface area contributed by atoms with Crippen molar-refractivity contribution < 1.29 is 9.59 Å². The van der Waals surface area contributed by atoms with Gasteiger partial charge in [-0.1, -0.05) is 30.5 Å². The van der Waals surface area contributed by atoms with Crippen molar-refractivity contribution in [2.75, 3.05) is 6.54 Å². The number of hydrogen-bond acceptors (Lipinski definition) is 2. The average Bonchev–Trinajstić information content (AvgIpc) is 2.88. The molecule has 0 atom stereocenters. The van der Waals surface area contributed by atoms with Crippen LogP contribution >= 0.6 is 0 Å².